The molecule has 244 valence electrons. The van der Waals surface area contributed by atoms with Crippen LogP contribution in [0.3, 0.4) is 0 Å². The molecule has 2 aliphatic heterocycles. The standard InChI is InChI=1S/C22H31N7O.2C2HF3O2/c1-27-12-18(11-26-27)13-28-9-2-6-22(20(30)25-10-17-4-5-17)16-29(15-19(22)14-28)21-23-7-3-8-24-21;2*3-2(4,5)1(6)7/h3,7-8,11-12,17,19H,2,4-6,9-10,13-16H2,1H3,(H,25,30);2*(H,6,7)/t19-,22-;;/m0../s1. The molecule has 2 saturated heterocycles. The topological polar surface area (TPSA) is 154 Å². The second-order valence-corrected chi connectivity index (χ2v) is 10.9. The monoisotopic (exact) mass is 637 g/mol. The van der Waals surface area contributed by atoms with E-state index in [1.54, 1.807) is 12.4 Å². The van der Waals surface area contributed by atoms with Gasteiger partial charge in [-0.2, -0.15) is 31.4 Å². The fourth-order valence-corrected chi connectivity index (χ4v) is 5.18. The third-order valence-electron chi connectivity index (χ3n) is 7.46. The lowest BCUT2D eigenvalue weighted by Gasteiger charge is -2.32. The number of carboxylic acid groups (broad SMARTS) is 2. The zero-order valence-corrected chi connectivity index (χ0v) is 23.7. The molecule has 0 spiro atoms. The summed E-state index contributed by atoms with van der Waals surface area (Å²) < 4.78 is 65.3. The molecule has 3 aliphatic rings. The number of carboxylic acids is 2. The second kappa shape index (κ2) is 14.2. The molecule has 1 aliphatic carbocycles. The minimum absolute atomic E-state index is 0.237. The van der Waals surface area contributed by atoms with Crippen molar-refractivity contribution in [3.63, 3.8) is 0 Å². The zero-order valence-electron chi connectivity index (χ0n) is 23.7. The first-order valence-corrected chi connectivity index (χ1v) is 13.6. The van der Waals surface area contributed by atoms with Crippen LogP contribution in [0.2, 0.25) is 0 Å². The Morgan fingerprint density at radius 2 is 1.61 bits per heavy atom. The van der Waals surface area contributed by atoms with Gasteiger partial charge >= 0.3 is 24.3 Å². The highest BCUT2D eigenvalue weighted by atomic mass is 19.4. The zero-order chi connectivity index (χ0) is 32.7. The predicted molar refractivity (Wildman–Crippen MR) is 141 cm³/mol. The molecule has 2 aromatic rings. The first kappa shape index (κ1) is 34.5. The van der Waals surface area contributed by atoms with Crippen molar-refractivity contribution < 1.29 is 50.9 Å². The van der Waals surface area contributed by atoms with E-state index in [2.05, 4.69) is 36.4 Å². The molecule has 1 saturated carbocycles. The minimum Gasteiger partial charge on any atom is -0.475 e. The highest BCUT2D eigenvalue weighted by molar-refractivity contribution is 5.84. The van der Waals surface area contributed by atoms with Crippen LogP contribution in [-0.2, 0) is 28.0 Å². The number of rotatable bonds is 6. The number of aromatic nitrogens is 4. The van der Waals surface area contributed by atoms with Gasteiger partial charge in [-0.15, -0.1) is 0 Å². The van der Waals surface area contributed by atoms with Gasteiger partial charge in [0.15, 0.2) is 0 Å². The van der Waals surface area contributed by atoms with E-state index in [4.69, 9.17) is 19.8 Å². The van der Waals surface area contributed by atoms with Crippen molar-refractivity contribution in [3.8, 4) is 0 Å². The second-order valence-electron chi connectivity index (χ2n) is 10.9. The van der Waals surface area contributed by atoms with Gasteiger partial charge in [0.05, 0.1) is 11.6 Å². The summed E-state index contributed by atoms with van der Waals surface area (Å²) in [4.78, 5) is 45.0. The quantitative estimate of drug-likeness (QED) is 0.403. The van der Waals surface area contributed by atoms with Gasteiger partial charge in [0, 0.05) is 69.8 Å². The molecule has 0 aromatic carbocycles. The van der Waals surface area contributed by atoms with Gasteiger partial charge in [-0.25, -0.2) is 19.6 Å². The summed E-state index contributed by atoms with van der Waals surface area (Å²) in [7, 11) is 1.95. The number of fused-ring (bicyclic) bond motifs is 1. The van der Waals surface area contributed by atoms with Crippen LogP contribution >= 0.6 is 0 Å². The molecule has 3 fully saturated rings. The van der Waals surface area contributed by atoms with Gasteiger partial charge < -0.3 is 20.4 Å². The van der Waals surface area contributed by atoms with Crippen LogP contribution in [0.5, 0.6) is 0 Å². The molecule has 4 heterocycles. The van der Waals surface area contributed by atoms with Gasteiger partial charge in [0.2, 0.25) is 11.9 Å². The molecule has 5 rings (SSSR count). The first-order valence-electron chi connectivity index (χ1n) is 13.6. The number of nitrogens with zero attached hydrogens (tertiary/aromatic N) is 6. The number of hydrogen-bond acceptors (Lipinski definition) is 8. The van der Waals surface area contributed by atoms with Gasteiger partial charge in [-0.3, -0.25) is 14.4 Å². The molecule has 1 amide bonds. The average molecular weight is 638 g/mol. The summed E-state index contributed by atoms with van der Waals surface area (Å²) >= 11 is 0. The number of hydrogen-bond donors (Lipinski definition) is 3. The molecule has 2 aromatic heterocycles. The van der Waals surface area contributed by atoms with Gasteiger partial charge in [-0.05, 0) is 44.2 Å². The highest BCUT2D eigenvalue weighted by Gasteiger charge is 2.53. The highest BCUT2D eigenvalue weighted by Crippen LogP contribution is 2.44. The van der Waals surface area contributed by atoms with Crippen LogP contribution in [0.4, 0.5) is 32.3 Å². The largest absolute Gasteiger partial charge is 0.490 e. The maximum absolute atomic E-state index is 13.5. The van der Waals surface area contributed by atoms with Gasteiger partial charge in [0.1, 0.15) is 0 Å². The molecule has 2 atom stereocenters. The molecule has 12 nitrogen and oxygen atoms in total. The van der Waals surface area contributed by atoms with Crippen LogP contribution < -0.4 is 10.2 Å². The fraction of sp³-hybridized carbons (Fsp3) is 0.615. The minimum atomic E-state index is -5.08. The van der Waals surface area contributed by atoms with E-state index < -0.39 is 24.3 Å². The van der Waals surface area contributed by atoms with Gasteiger partial charge in [0.25, 0.3) is 0 Å². The lowest BCUT2D eigenvalue weighted by molar-refractivity contribution is -0.193. The van der Waals surface area contributed by atoms with Crippen molar-refractivity contribution in [2.24, 2.45) is 24.3 Å². The van der Waals surface area contributed by atoms with E-state index >= 15 is 0 Å². The Morgan fingerprint density at radius 3 is 2.11 bits per heavy atom. The Kier molecular flexibility index (Phi) is 11.2. The Bertz CT molecular complexity index is 1250. The van der Waals surface area contributed by atoms with Crippen LogP contribution in [0, 0.1) is 17.3 Å². The predicted octanol–water partition coefficient (Wildman–Crippen LogP) is 2.72. The van der Waals surface area contributed by atoms with E-state index in [1.165, 1.54) is 18.4 Å². The summed E-state index contributed by atoms with van der Waals surface area (Å²) in [5.41, 5.74) is 0.863. The Labute approximate surface area is 248 Å². The third-order valence-corrected chi connectivity index (χ3v) is 7.46. The summed E-state index contributed by atoms with van der Waals surface area (Å²) in [6.45, 7) is 5.17. The number of nitrogens with one attached hydrogen (secondary N) is 1. The summed E-state index contributed by atoms with van der Waals surface area (Å²) in [5.74, 6) is -3.59. The molecule has 18 heteroatoms. The van der Waals surface area contributed by atoms with E-state index in [-0.39, 0.29) is 17.2 Å². The maximum Gasteiger partial charge on any atom is 0.490 e. The summed E-state index contributed by atoms with van der Waals surface area (Å²) in [6.07, 6.45) is 1.87. The van der Waals surface area contributed by atoms with Crippen molar-refractivity contribution >= 4 is 23.8 Å². The number of amides is 1. The molecular weight excluding hydrogens is 604 g/mol. The van der Waals surface area contributed by atoms with Crippen LogP contribution in [-0.4, -0.2) is 97.8 Å². The molecule has 3 N–H and O–H groups in total. The van der Waals surface area contributed by atoms with Crippen molar-refractivity contribution in [1.82, 2.24) is 30.0 Å². The Balaban J connectivity index is 0.000000317. The van der Waals surface area contributed by atoms with Crippen molar-refractivity contribution in [2.75, 3.05) is 37.6 Å². The smallest absolute Gasteiger partial charge is 0.475 e. The number of alkyl halides is 6. The van der Waals surface area contributed by atoms with E-state index in [9.17, 15) is 31.1 Å². The number of aryl methyl sites for hydroxylation is 1. The lowest BCUT2D eigenvalue weighted by Crippen LogP contribution is -2.48. The summed E-state index contributed by atoms with van der Waals surface area (Å²) in [6, 6.07) is 1.84. The lowest BCUT2D eigenvalue weighted by atomic mass is 9.74. The fourth-order valence-electron chi connectivity index (χ4n) is 5.18. The average Bonchev–Trinajstić information content (AvgIpc) is 3.62. The van der Waals surface area contributed by atoms with Crippen LogP contribution in [0.1, 0.15) is 31.2 Å². The Hall–Kier alpha value is -3.96. The third kappa shape index (κ3) is 9.78. The SMILES string of the molecule is Cn1cc(CN2CCC[C@]3(C(=O)NCC4CC4)CN(c4ncccn4)C[C@@H]3C2)cn1.O=C(O)C(F)(F)F.O=C(O)C(F)(F)F. The van der Waals surface area contributed by atoms with Crippen LogP contribution in [0.25, 0.3) is 0 Å². The van der Waals surface area contributed by atoms with Gasteiger partial charge in [-0.1, -0.05) is 0 Å². The van der Waals surface area contributed by atoms with Crippen LogP contribution in [0.15, 0.2) is 30.9 Å². The molecule has 0 bridgehead atoms. The number of carbonyl (C=O) groups is 3. The number of aliphatic carboxylic acids is 2. The Morgan fingerprint density at radius 1 is 1.02 bits per heavy atom. The number of anilines is 1. The van der Waals surface area contributed by atoms with E-state index in [0.717, 1.165) is 51.5 Å². The van der Waals surface area contributed by atoms with Crippen molar-refractivity contribution in [1.29, 1.82) is 0 Å². The molecule has 0 radical (unpaired) electrons. The summed E-state index contributed by atoms with van der Waals surface area (Å²) in [5, 5.41) is 21.9. The number of likely N-dealkylation sites (tertiary alicyclic amines) is 1. The van der Waals surface area contributed by atoms with Crippen molar-refractivity contribution in [2.45, 2.75) is 44.6 Å². The molecule has 44 heavy (non-hydrogen) atoms. The number of halogens is 6. The molecular formula is C26H33F6N7O5. The number of carbonyl (C=O) groups excluding carboxylic acids is 1. The maximum atomic E-state index is 13.5. The molecule has 0 unspecified atom stereocenters. The van der Waals surface area contributed by atoms with Crippen molar-refractivity contribution in [3.05, 3.63) is 36.4 Å². The normalized spacial score (nSPS) is 22.0. The first-order chi connectivity index (χ1) is 20.5. The van der Waals surface area contributed by atoms with E-state index in [0.29, 0.717) is 12.5 Å². The van der Waals surface area contributed by atoms with E-state index in [1.807, 2.05) is 24.0 Å².